The van der Waals surface area contributed by atoms with Gasteiger partial charge in [-0.05, 0) is 148 Å². The van der Waals surface area contributed by atoms with Gasteiger partial charge in [-0.1, -0.05) is 256 Å². The van der Waals surface area contributed by atoms with E-state index in [0.717, 1.165) is 148 Å². The third kappa shape index (κ3) is 71.1. The second kappa shape index (κ2) is 72.0. The van der Waals surface area contributed by atoms with E-state index in [1.807, 2.05) is 24.3 Å². The summed E-state index contributed by atoms with van der Waals surface area (Å²) >= 11 is 0. The van der Waals surface area contributed by atoms with Crippen molar-refractivity contribution in [3.05, 3.63) is 158 Å². The molecule has 0 saturated heterocycles. The number of phosphoric acid groups is 2. The van der Waals surface area contributed by atoms with Crippen LogP contribution < -0.4 is 0 Å². The van der Waals surface area contributed by atoms with E-state index < -0.39 is 97.5 Å². The van der Waals surface area contributed by atoms with Gasteiger partial charge in [-0.3, -0.25) is 37.3 Å². The summed E-state index contributed by atoms with van der Waals surface area (Å²) in [6.07, 6.45) is 82.7. The molecule has 0 aromatic rings. The van der Waals surface area contributed by atoms with Gasteiger partial charge in [0.2, 0.25) is 0 Å². The fourth-order valence-corrected chi connectivity index (χ4v) is 10.9. The lowest BCUT2D eigenvalue weighted by molar-refractivity contribution is -0.161. The maximum atomic E-state index is 13.1. The molecule has 0 aliphatic rings. The molecular formula is C81H132O17P2. The van der Waals surface area contributed by atoms with E-state index in [0.29, 0.717) is 32.1 Å². The molecule has 0 heterocycles. The Morgan fingerprint density at radius 1 is 0.300 bits per heavy atom. The summed E-state index contributed by atoms with van der Waals surface area (Å²) in [4.78, 5) is 72.8. The number of aliphatic hydroxyl groups excluding tert-OH is 1. The molecule has 0 aromatic heterocycles. The third-order valence-electron chi connectivity index (χ3n) is 15.0. The molecule has 0 amide bonds. The van der Waals surface area contributed by atoms with Crippen molar-refractivity contribution in [2.24, 2.45) is 0 Å². The number of rotatable bonds is 69. The van der Waals surface area contributed by atoms with Crippen LogP contribution in [0.1, 0.15) is 272 Å². The van der Waals surface area contributed by atoms with Crippen LogP contribution in [0.2, 0.25) is 0 Å². The van der Waals surface area contributed by atoms with Gasteiger partial charge < -0.3 is 33.8 Å². The topological polar surface area (TPSA) is 237 Å². The maximum Gasteiger partial charge on any atom is 0.472 e. The van der Waals surface area contributed by atoms with E-state index in [4.69, 9.17) is 37.0 Å². The average molecular weight is 1440 g/mol. The highest BCUT2D eigenvalue weighted by Gasteiger charge is 2.30. The van der Waals surface area contributed by atoms with E-state index >= 15 is 0 Å². The Morgan fingerprint density at radius 2 is 0.560 bits per heavy atom. The molecule has 0 aliphatic carbocycles. The molecule has 0 radical (unpaired) electrons. The predicted octanol–water partition coefficient (Wildman–Crippen LogP) is 21.7. The van der Waals surface area contributed by atoms with Gasteiger partial charge in [0.1, 0.15) is 19.3 Å². The Morgan fingerprint density at radius 3 is 0.920 bits per heavy atom. The van der Waals surface area contributed by atoms with Gasteiger partial charge in [-0.2, -0.15) is 0 Å². The van der Waals surface area contributed by atoms with E-state index in [9.17, 15) is 43.2 Å². The zero-order valence-corrected chi connectivity index (χ0v) is 63.6. The van der Waals surface area contributed by atoms with Crippen LogP contribution in [0.5, 0.6) is 0 Å². The second-order valence-corrected chi connectivity index (χ2v) is 27.4. The quantitative estimate of drug-likeness (QED) is 0.0169. The zero-order chi connectivity index (χ0) is 73.2. The van der Waals surface area contributed by atoms with Crippen molar-refractivity contribution in [1.29, 1.82) is 0 Å². The SMILES string of the molecule is CC/C=C\C/C=C\C/C=C\C/C=C\C/C=C\CC(=O)OCC(COP(=O)(O)OCC(O)COP(=O)(O)OCC(COC(=O)CCCCCCC/C=C\C/C=C\C/C=C\CC)OC(=O)CCCCCCC/C=C\CCCCCCCC)OC(=O)CCCC/C=C\C/C=C\C/C=C\C/C=C\CC. The highest BCUT2D eigenvalue weighted by Crippen LogP contribution is 2.45. The molecule has 0 bridgehead atoms. The number of hydrogen-bond acceptors (Lipinski definition) is 15. The molecule has 568 valence electrons. The van der Waals surface area contributed by atoms with Gasteiger partial charge in [0.15, 0.2) is 12.2 Å². The predicted molar refractivity (Wildman–Crippen MR) is 408 cm³/mol. The number of aliphatic hydroxyl groups is 1. The molecule has 5 unspecified atom stereocenters. The van der Waals surface area contributed by atoms with Gasteiger partial charge in [-0.15, -0.1) is 0 Å². The van der Waals surface area contributed by atoms with Crippen molar-refractivity contribution in [1.82, 2.24) is 0 Å². The first-order chi connectivity index (χ1) is 48.7. The van der Waals surface area contributed by atoms with Gasteiger partial charge in [0.05, 0.1) is 32.8 Å². The minimum Gasteiger partial charge on any atom is -0.462 e. The fraction of sp³-hybridized carbons (Fsp3) is 0.630. The Bertz CT molecular complexity index is 2520. The standard InChI is InChI=1S/C81H132O17P2/c1-5-9-13-17-21-25-29-33-37-41-45-49-53-57-61-65-78(83)91-71-76(97-80(85)67-63-59-55-51-47-43-39-35-31-27-23-19-15-11-7-3)73-95-99(87,88)93-69-75(82)70-94-100(89,90)96-74-77(98-81(86)68-64-60-56-52-48-44-40-36-32-28-24-20-16-12-8-4)72-92-79(84)66-62-58-54-50-46-42-38-34-30-26-22-18-14-10-6-2/h9-11,13-15,21-23,25-27,33-40,45,47,49,51,57,61,75-77,82H,5-8,12,16-20,24,28-32,41-44,46,48,50,52-56,58-60,62-74H2,1-4H3,(H,87,88)(H,89,90)/b13-9-,14-10-,15-11-,25-21-,26-22-,27-23-,37-33-,38-34-,39-35-,40-36-,49-45-,51-47-,61-57-. The monoisotopic (exact) mass is 1440 g/mol. The lowest BCUT2D eigenvalue weighted by atomic mass is 10.1. The first-order valence-electron chi connectivity index (χ1n) is 37.7. The molecule has 0 aliphatic heterocycles. The van der Waals surface area contributed by atoms with Crippen molar-refractivity contribution in [3.8, 4) is 0 Å². The number of phosphoric ester groups is 2. The van der Waals surface area contributed by atoms with E-state index in [1.165, 1.54) is 38.5 Å². The van der Waals surface area contributed by atoms with Crippen molar-refractivity contribution in [3.63, 3.8) is 0 Å². The van der Waals surface area contributed by atoms with Crippen LogP contribution in [-0.2, 0) is 65.4 Å². The summed E-state index contributed by atoms with van der Waals surface area (Å²) in [7, 11) is -10.0. The number of carbonyl (C=O) groups is 4. The Labute approximate surface area is 604 Å². The van der Waals surface area contributed by atoms with Crippen molar-refractivity contribution >= 4 is 39.5 Å². The van der Waals surface area contributed by atoms with Crippen LogP contribution in [0, 0.1) is 0 Å². The van der Waals surface area contributed by atoms with E-state index in [-0.39, 0.29) is 25.7 Å². The lowest BCUT2D eigenvalue weighted by Crippen LogP contribution is -2.30. The molecule has 100 heavy (non-hydrogen) atoms. The van der Waals surface area contributed by atoms with E-state index in [1.54, 1.807) is 6.08 Å². The number of allylic oxidation sites excluding steroid dienone is 25. The summed E-state index contributed by atoms with van der Waals surface area (Å²) in [6.45, 7) is 4.31. The summed E-state index contributed by atoms with van der Waals surface area (Å²) in [5, 5.41) is 10.6. The molecule has 0 fully saturated rings. The number of unbranched alkanes of at least 4 members (excludes halogenated alkanes) is 18. The molecular weight excluding hydrogens is 1310 g/mol. The number of esters is 4. The van der Waals surface area contributed by atoms with Crippen LogP contribution in [0.3, 0.4) is 0 Å². The fourth-order valence-electron chi connectivity index (χ4n) is 9.35. The van der Waals surface area contributed by atoms with Gasteiger partial charge >= 0.3 is 39.5 Å². The molecule has 17 nitrogen and oxygen atoms in total. The molecule has 0 rings (SSSR count). The smallest absolute Gasteiger partial charge is 0.462 e. The highest BCUT2D eigenvalue weighted by atomic mass is 31.2. The van der Waals surface area contributed by atoms with Gasteiger partial charge in [0, 0.05) is 19.3 Å². The lowest BCUT2D eigenvalue weighted by Gasteiger charge is -2.21. The minimum atomic E-state index is -5.01. The third-order valence-corrected chi connectivity index (χ3v) is 16.9. The normalized spacial score (nSPS) is 14.8. The largest absolute Gasteiger partial charge is 0.472 e. The number of hydrogen-bond donors (Lipinski definition) is 3. The van der Waals surface area contributed by atoms with Crippen molar-refractivity contribution in [2.45, 2.75) is 290 Å². The van der Waals surface area contributed by atoms with Crippen LogP contribution in [-0.4, -0.2) is 96.7 Å². The van der Waals surface area contributed by atoms with Crippen LogP contribution in [0.25, 0.3) is 0 Å². The Kier molecular flexibility index (Phi) is 68.2. The number of carbonyl (C=O) groups excluding carboxylic acids is 4. The second-order valence-electron chi connectivity index (χ2n) is 24.5. The molecule has 0 aromatic carbocycles. The first kappa shape index (κ1) is 94.7. The zero-order valence-electron chi connectivity index (χ0n) is 61.8. The van der Waals surface area contributed by atoms with Gasteiger partial charge in [-0.25, -0.2) is 9.13 Å². The summed E-state index contributed by atoms with van der Waals surface area (Å²) in [5.41, 5.74) is 0. The summed E-state index contributed by atoms with van der Waals surface area (Å²) < 4.78 is 68.3. The van der Waals surface area contributed by atoms with Crippen LogP contribution in [0.15, 0.2) is 158 Å². The molecule has 5 atom stereocenters. The summed E-state index contributed by atoms with van der Waals surface area (Å²) in [6, 6.07) is 0. The summed E-state index contributed by atoms with van der Waals surface area (Å²) in [5.74, 6) is -2.41. The minimum absolute atomic E-state index is 0.0175. The molecule has 0 spiro atoms. The molecule has 3 N–H and O–H groups in total. The Hall–Kier alpha value is -5.32. The Balaban J connectivity index is 5.49. The van der Waals surface area contributed by atoms with Crippen molar-refractivity contribution < 1.29 is 80.2 Å². The maximum absolute atomic E-state index is 13.1. The van der Waals surface area contributed by atoms with Gasteiger partial charge in [0.25, 0.3) is 0 Å². The van der Waals surface area contributed by atoms with Crippen LogP contribution in [0.4, 0.5) is 0 Å². The highest BCUT2D eigenvalue weighted by molar-refractivity contribution is 7.47. The van der Waals surface area contributed by atoms with Crippen LogP contribution >= 0.6 is 15.6 Å². The average Bonchev–Trinajstić information content (AvgIpc) is 1.01. The van der Waals surface area contributed by atoms with E-state index in [2.05, 4.69) is 155 Å². The molecule has 19 heteroatoms. The molecule has 0 saturated carbocycles. The first-order valence-corrected chi connectivity index (χ1v) is 40.7. The van der Waals surface area contributed by atoms with Crippen molar-refractivity contribution in [2.75, 3.05) is 39.6 Å². The number of ether oxygens (including phenoxy) is 4.